The molecule has 164 valence electrons. The molecule has 1 heterocycles. The van der Waals surface area contributed by atoms with Crippen molar-refractivity contribution >= 4 is 11.9 Å². The summed E-state index contributed by atoms with van der Waals surface area (Å²) in [7, 11) is 0. The van der Waals surface area contributed by atoms with Crippen LogP contribution in [0.2, 0.25) is 0 Å². The summed E-state index contributed by atoms with van der Waals surface area (Å²) in [5.74, 6) is 2.66. The lowest BCUT2D eigenvalue weighted by atomic mass is 9.45. The van der Waals surface area contributed by atoms with E-state index in [1.807, 2.05) is 0 Å². The molecule has 4 aliphatic rings. The van der Waals surface area contributed by atoms with Crippen molar-refractivity contribution in [1.29, 1.82) is 0 Å². The van der Waals surface area contributed by atoms with E-state index in [9.17, 15) is 9.59 Å². The minimum Gasteiger partial charge on any atom is -0.463 e. The average Bonchev–Trinajstić information content (AvgIpc) is 3.16. The Labute approximate surface area is 179 Å². The van der Waals surface area contributed by atoms with Gasteiger partial charge in [-0.15, -0.1) is 0 Å². The number of hydrogen-bond donors (Lipinski definition) is 0. The normalized spacial score (nSPS) is 42.0. The number of esters is 1. The van der Waals surface area contributed by atoms with Crippen molar-refractivity contribution in [2.75, 3.05) is 0 Å². The van der Waals surface area contributed by atoms with Crippen LogP contribution in [-0.4, -0.2) is 27.8 Å². The van der Waals surface area contributed by atoms with Crippen LogP contribution >= 0.6 is 0 Å². The summed E-state index contributed by atoms with van der Waals surface area (Å²) in [5, 5.41) is 4.61. The highest BCUT2D eigenvalue weighted by Crippen LogP contribution is 2.66. The molecule has 0 amide bonds. The van der Waals surface area contributed by atoms with Gasteiger partial charge in [0.25, 0.3) is 0 Å². The predicted octanol–water partition coefficient (Wildman–Crippen LogP) is 4.84. The molecule has 0 unspecified atom stereocenters. The van der Waals surface area contributed by atoms with Gasteiger partial charge in [0.05, 0.1) is 11.4 Å². The maximum absolute atomic E-state index is 12.2. The molecule has 1 aromatic rings. The van der Waals surface area contributed by atoms with Gasteiger partial charge in [0.2, 0.25) is 5.91 Å². The topological polar surface area (TPSA) is 61.2 Å². The third-order valence-electron chi connectivity index (χ3n) is 9.78. The van der Waals surface area contributed by atoms with Crippen molar-refractivity contribution in [1.82, 2.24) is 9.78 Å². The van der Waals surface area contributed by atoms with E-state index in [4.69, 9.17) is 4.74 Å². The summed E-state index contributed by atoms with van der Waals surface area (Å²) < 4.78 is 7.30. The highest BCUT2D eigenvalue weighted by molar-refractivity contribution is 5.77. The molecule has 30 heavy (non-hydrogen) atoms. The number of aryl methyl sites for hydroxylation is 1. The van der Waals surface area contributed by atoms with Gasteiger partial charge in [0, 0.05) is 19.4 Å². The van der Waals surface area contributed by atoms with E-state index in [-0.39, 0.29) is 23.4 Å². The number of fused-ring (bicyclic) bond motifs is 7. The van der Waals surface area contributed by atoms with Crippen LogP contribution in [0.15, 0.2) is 0 Å². The standard InChI is InChI=1S/C25H36N2O3/c1-14-23-22(27(26-14)15(2)28)13-21-19-7-6-17-12-18(30-16(3)29)8-10-24(17,4)20(19)9-11-25(21,23)5/h17-21H,6-13H2,1-5H3/t17-,18+,19+,20-,21+,24+,25+/m1/s1. The first-order valence-electron chi connectivity index (χ1n) is 11.9. The van der Waals surface area contributed by atoms with Crippen molar-refractivity contribution in [3.8, 4) is 0 Å². The van der Waals surface area contributed by atoms with Crippen LogP contribution in [0.25, 0.3) is 0 Å². The summed E-state index contributed by atoms with van der Waals surface area (Å²) in [6.07, 6.45) is 9.34. The van der Waals surface area contributed by atoms with E-state index in [1.165, 1.54) is 50.3 Å². The van der Waals surface area contributed by atoms with E-state index in [0.29, 0.717) is 17.3 Å². The van der Waals surface area contributed by atoms with Crippen LogP contribution in [0.5, 0.6) is 0 Å². The fraction of sp³-hybridized carbons (Fsp3) is 0.800. The Morgan fingerprint density at radius 2 is 1.83 bits per heavy atom. The Hall–Kier alpha value is -1.65. The quantitative estimate of drug-likeness (QED) is 0.619. The molecule has 4 aliphatic carbocycles. The molecule has 5 rings (SSSR count). The van der Waals surface area contributed by atoms with Crippen molar-refractivity contribution in [3.05, 3.63) is 17.0 Å². The van der Waals surface area contributed by atoms with Crippen LogP contribution in [0, 0.1) is 36.0 Å². The van der Waals surface area contributed by atoms with Crippen LogP contribution in [-0.2, 0) is 21.4 Å². The highest BCUT2D eigenvalue weighted by Gasteiger charge is 2.60. The molecule has 7 atom stereocenters. The van der Waals surface area contributed by atoms with Crippen molar-refractivity contribution < 1.29 is 14.3 Å². The van der Waals surface area contributed by atoms with Gasteiger partial charge in [-0.2, -0.15) is 5.10 Å². The summed E-state index contributed by atoms with van der Waals surface area (Å²) in [6.45, 7) is 10.2. The van der Waals surface area contributed by atoms with E-state index in [1.54, 1.807) is 11.6 Å². The number of nitrogens with zero attached hydrogens (tertiary/aromatic N) is 2. The first kappa shape index (κ1) is 20.3. The smallest absolute Gasteiger partial charge is 0.302 e. The minimum atomic E-state index is -0.135. The van der Waals surface area contributed by atoms with Gasteiger partial charge in [0.15, 0.2) is 0 Å². The fourth-order valence-corrected chi connectivity index (χ4v) is 8.54. The second-order valence-corrected chi connectivity index (χ2v) is 11.2. The number of ether oxygens (including phenoxy) is 1. The number of aromatic nitrogens is 2. The van der Waals surface area contributed by atoms with E-state index in [2.05, 4.69) is 25.9 Å². The third kappa shape index (κ3) is 2.69. The lowest BCUT2D eigenvalue weighted by Gasteiger charge is -2.60. The zero-order valence-corrected chi connectivity index (χ0v) is 19.2. The zero-order valence-electron chi connectivity index (χ0n) is 19.2. The molecule has 5 nitrogen and oxygen atoms in total. The second kappa shape index (κ2) is 6.67. The number of carbonyl (C=O) groups is 2. The SMILES string of the molecule is CC(=O)O[C@H]1CC[C@@]2(C)[C@H](CC[C@H]3[C@H]2CC[C@]2(C)c4c(C)nn(C(C)=O)c4C[C@@H]32)C1. The van der Waals surface area contributed by atoms with E-state index < -0.39 is 0 Å². The molecule has 0 spiro atoms. The first-order chi connectivity index (χ1) is 14.1. The largest absolute Gasteiger partial charge is 0.463 e. The molecule has 3 saturated carbocycles. The van der Waals surface area contributed by atoms with Gasteiger partial charge in [-0.25, -0.2) is 4.68 Å². The van der Waals surface area contributed by atoms with Crippen molar-refractivity contribution in [2.24, 2.45) is 29.1 Å². The summed E-state index contributed by atoms with van der Waals surface area (Å²) >= 11 is 0. The molecule has 1 aromatic heterocycles. The summed E-state index contributed by atoms with van der Waals surface area (Å²) in [4.78, 5) is 23.7. The van der Waals surface area contributed by atoms with Gasteiger partial charge in [0.1, 0.15) is 6.10 Å². The van der Waals surface area contributed by atoms with Crippen molar-refractivity contribution in [3.63, 3.8) is 0 Å². The molecular weight excluding hydrogens is 376 g/mol. The van der Waals surface area contributed by atoms with Crippen LogP contribution in [0.4, 0.5) is 0 Å². The zero-order chi connectivity index (χ0) is 21.4. The summed E-state index contributed by atoms with van der Waals surface area (Å²) in [5.41, 5.74) is 4.15. The Morgan fingerprint density at radius 1 is 1.07 bits per heavy atom. The lowest BCUT2D eigenvalue weighted by molar-refractivity contribution is -0.157. The Morgan fingerprint density at radius 3 is 2.53 bits per heavy atom. The van der Waals surface area contributed by atoms with Gasteiger partial charge in [-0.3, -0.25) is 9.59 Å². The molecule has 0 saturated heterocycles. The Kier molecular flexibility index (Phi) is 4.51. The van der Waals surface area contributed by atoms with Gasteiger partial charge < -0.3 is 4.74 Å². The molecule has 0 bridgehead atoms. The summed E-state index contributed by atoms with van der Waals surface area (Å²) in [6, 6.07) is 0. The third-order valence-corrected chi connectivity index (χ3v) is 9.78. The molecule has 3 fully saturated rings. The molecule has 0 aliphatic heterocycles. The maximum atomic E-state index is 12.2. The van der Waals surface area contributed by atoms with Gasteiger partial charge in [-0.1, -0.05) is 13.8 Å². The van der Waals surface area contributed by atoms with Gasteiger partial charge >= 0.3 is 5.97 Å². The molecule has 0 aromatic carbocycles. The maximum Gasteiger partial charge on any atom is 0.302 e. The number of hydrogen-bond acceptors (Lipinski definition) is 4. The Balaban J connectivity index is 1.43. The van der Waals surface area contributed by atoms with E-state index >= 15 is 0 Å². The monoisotopic (exact) mass is 412 g/mol. The molecule has 0 N–H and O–H groups in total. The van der Waals surface area contributed by atoms with Gasteiger partial charge in [-0.05, 0) is 92.8 Å². The predicted molar refractivity (Wildman–Crippen MR) is 114 cm³/mol. The first-order valence-corrected chi connectivity index (χ1v) is 11.9. The fourth-order valence-electron chi connectivity index (χ4n) is 8.54. The number of rotatable bonds is 1. The average molecular weight is 413 g/mol. The number of carbonyl (C=O) groups excluding carboxylic acids is 2. The van der Waals surface area contributed by atoms with Crippen molar-refractivity contribution in [2.45, 2.75) is 97.5 Å². The Bertz CT molecular complexity index is 904. The lowest BCUT2D eigenvalue weighted by Crippen LogP contribution is -2.54. The van der Waals surface area contributed by atoms with Crippen LogP contribution < -0.4 is 0 Å². The van der Waals surface area contributed by atoms with Crippen LogP contribution in [0.1, 0.15) is 94.4 Å². The molecule has 5 heteroatoms. The second-order valence-electron chi connectivity index (χ2n) is 11.2. The van der Waals surface area contributed by atoms with Crippen LogP contribution in [0.3, 0.4) is 0 Å². The molecular formula is C25H36N2O3. The highest BCUT2D eigenvalue weighted by atomic mass is 16.5. The molecule has 0 radical (unpaired) electrons. The minimum absolute atomic E-state index is 0.0395. The van der Waals surface area contributed by atoms with E-state index in [0.717, 1.165) is 36.8 Å².